The van der Waals surface area contributed by atoms with E-state index < -0.39 is 26.9 Å². The van der Waals surface area contributed by atoms with E-state index in [1.807, 2.05) is 27.7 Å². The van der Waals surface area contributed by atoms with Gasteiger partial charge in [0.2, 0.25) is 9.84 Å². The van der Waals surface area contributed by atoms with Gasteiger partial charge < -0.3 is 9.84 Å². The van der Waals surface area contributed by atoms with Crippen molar-refractivity contribution in [2.75, 3.05) is 0 Å². The van der Waals surface area contributed by atoms with Crippen molar-refractivity contribution >= 4 is 15.9 Å². The molecular formula is C22H22F3NO4S. The van der Waals surface area contributed by atoms with Gasteiger partial charge in [0.1, 0.15) is 22.5 Å². The summed E-state index contributed by atoms with van der Waals surface area (Å²) in [5.41, 5.74) is 1.64. The summed E-state index contributed by atoms with van der Waals surface area (Å²) in [6.07, 6.45) is -3.72. The SMILES string of the molecule is CC(C)c1cc(/C=C(/C#N)S(=O)(=O)c2ccc(OC(F)(F)F)cc2)cc(C(C)C)c1O. The molecule has 0 aliphatic heterocycles. The van der Waals surface area contributed by atoms with Crippen molar-refractivity contribution in [1.29, 1.82) is 5.26 Å². The van der Waals surface area contributed by atoms with E-state index in [0.29, 0.717) is 16.7 Å². The lowest BCUT2D eigenvalue weighted by molar-refractivity contribution is -0.274. The third-order valence-corrected chi connectivity index (χ3v) is 6.18. The van der Waals surface area contributed by atoms with Gasteiger partial charge in [0.05, 0.1) is 4.90 Å². The molecule has 0 saturated heterocycles. The molecule has 0 radical (unpaired) electrons. The number of halogens is 3. The Hall–Kier alpha value is -2.99. The summed E-state index contributed by atoms with van der Waals surface area (Å²) < 4.78 is 66.4. The largest absolute Gasteiger partial charge is 0.573 e. The molecule has 0 amide bonds. The molecule has 166 valence electrons. The maximum absolute atomic E-state index is 12.9. The Kier molecular flexibility index (Phi) is 7.06. The first-order valence-electron chi connectivity index (χ1n) is 9.35. The van der Waals surface area contributed by atoms with E-state index in [1.165, 1.54) is 6.08 Å². The van der Waals surface area contributed by atoms with Crippen LogP contribution in [0.3, 0.4) is 0 Å². The summed E-state index contributed by atoms with van der Waals surface area (Å²) >= 11 is 0. The molecule has 0 aromatic heterocycles. The van der Waals surface area contributed by atoms with E-state index in [4.69, 9.17) is 0 Å². The Bertz CT molecular complexity index is 1100. The van der Waals surface area contributed by atoms with Gasteiger partial charge in [0.25, 0.3) is 0 Å². The summed E-state index contributed by atoms with van der Waals surface area (Å²) in [6.45, 7) is 7.50. The first-order valence-corrected chi connectivity index (χ1v) is 10.8. The zero-order chi connectivity index (χ0) is 23.6. The maximum atomic E-state index is 12.9. The lowest BCUT2D eigenvalue weighted by Crippen LogP contribution is -2.17. The maximum Gasteiger partial charge on any atom is 0.573 e. The molecule has 0 fully saturated rings. The summed E-state index contributed by atoms with van der Waals surface area (Å²) in [5.74, 6) is -0.539. The number of phenols is 1. The van der Waals surface area contributed by atoms with Crippen LogP contribution in [0, 0.1) is 11.3 Å². The number of alkyl halides is 3. The first-order chi connectivity index (χ1) is 14.3. The zero-order valence-corrected chi connectivity index (χ0v) is 18.2. The molecule has 5 nitrogen and oxygen atoms in total. The van der Waals surface area contributed by atoms with Crippen molar-refractivity contribution in [3.8, 4) is 17.6 Å². The number of hydrogen-bond donors (Lipinski definition) is 1. The minimum absolute atomic E-state index is 0.0471. The van der Waals surface area contributed by atoms with Gasteiger partial charge in [-0.2, -0.15) is 5.26 Å². The molecule has 31 heavy (non-hydrogen) atoms. The first kappa shape index (κ1) is 24.3. The highest BCUT2D eigenvalue weighted by Crippen LogP contribution is 2.36. The molecule has 0 saturated carbocycles. The van der Waals surface area contributed by atoms with Gasteiger partial charge >= 0.3 is 6.36 Å². The number of nitriles is 1. The number of rotatable bonds is 6. The summed E-state index contributed by atoms with van der Waals surface area (Å²) in [5, 5.41) is 20.0. The predicted octanol–water partition coefficient (Wildman–Crippen LogP) is 5.88. The normalized spacial score (nSPS) is 12.8. The predicted molar refractivity (Wildman–Crippen MR) is 110 cm³/mol. The molecule has 0 bridgehead atoms. The van der Waals surface area contributed by atoms with Crippen LogP contribution >= 0.6 is 0 Å². The van der Waals surface area contributed by atoms with Gasteiger partial charge in [0, 0.05) is 0 Å². The third-order valence-electron chi connectivity index (χ3n) is 4.50. The quantitative estimate of drug-likeness (QED) is 0.552. The Labute approximate surface area is 179 Å². The number of ether oxygens (including phenoxy) is 1. The van der Waals surface area contributed by atoms with Crippen molar-refractivity contribution in [2.45, 2.75) is 50.8 Å². The van der Waals surface area contributed by atoms with Crippen molar-refractivity contribution in [3.05, 3.63) is 58.0 Å². The highest BCUT2D eigenvalue weighted by atomic mass is 32.2. The molecular weight excluding hydrogens is 431 g/mol. The van der Waals surface area contributed by atoms with E-state index >= 15 is 0 Å². The molecule has 2 rings (SSSR count). The van der Waals surface area contributed by atoms with Crippen LogP contribution in [0.5, 0.6) is 11.5 Å². The highest BCUT2D eigenvalue weighted by molar-refractivity contribution is 7.95. The molecule has 1 N–H and O–H groups in total. The molecule has 0 aliphatic rings. The van der Waals surface area contributed by atoms with Gasteiger partial charge in [-0.15, -0.1) is 13.2 Å². The number of phenolic OH excluding ortho intramolecular Hbond substituents is 1. The summed E-state index contributed by atoms with van der Waals surface area (Å²) in [6, 6.07) is 8.49. The van der Waals surface area contributed by atoms with Crippen LogP contribution in [0.2, 0.25) is 0 Å². The molecule has 0 atom stereocenters. The molecule has 9 heteroatoms. The van der Waals surface area contributed by atoms with E-state index in [-0.39, 0.29) is 22.5 Å². The van der Waals surface area contributed by atoms with Crippen LogP contribution < -0.4 is 4.74 Å². The van der Waals surface area contributed by atoms with Crippen molar-refractivity contribution in [2.24, 2.45) is 0 Å². The molecule has 0 aliphatic carbocycles. The lowest BCUT2D eigenvalue weighted by Gasteiger charge is -2.16. The second-order valence-corrected chi connectivity index (χ2v) is 9.42. The topological polar surface area (TPSA) is 87.4 Å². The second kappa shape index (κ2) is 9.02. The number of benzene rings is 2. The number of nitrogens with zero attached hydrogens (tertiary/aromatic N) is 1. The summed E-state index contributed by atoms with van der Waals surface area (Å²) in [7, 11) is -4.29. The smallest absolute Gasteiger partial charge is 0.507 e. The van der Waals surface area contributed by atoms with Crippen LogP contribution in [0.15, 0.2) is 46.2 Å². The minimum Gasteiger partial charge on any atom is -0.507 e. The van der Waals surface area contributed by atoms with Gasteiger partial charge in [-0.3, -0.25) is 0 Å². The number of hydrogen-bond acceptors (Lipinski definition) is 5. The van der Waals surface area contributed by atoms with Gasteiger partial charge in [-0.25, -0.2) is 8.42 Å². The van der Waals surface area contributed by atoms with E-state index in [0.717, 1.165) is 24.3 Å². The third kappa shape index (κ3) is 5.79. The van der Waals surface area contributed by atoms with Crippen molar-refractivity contribution in [3.63, 3.8) is 0 Å². The fourth-order valence-electron chi connectivity index (χ4n) is 2.94. The van der Waals surface area contributed by atoms with Crippen LogP contribution in [0.4, 0.5) is 13.2 Å². The molecule has 0 heterocycles. The number of sulfone groups is 1. The average molecular weight is 453 g/mol. The Morgan fingerprint density at radius 1 is 1.06 bits per heavy atom. The number of aromatic hydroxyl groups is 1. The van der Waals surface area contributed by atoms with Gasteiger partial charge in [-0.05, 0) is 71.0 Å². The standard InChI is InChI=1S/C22H22F3NO4S/c1-13(2)19-10-15(11-20(14(3)4)21(19)27)9-18(12-26)31(28,29)17-7-5-16(6-8-17)30-22(23,24)25/h5-11,13-14,27H,1-4H3/b18-9-. The summed E-state index contributed by atoms with van der Waals surface area (Å²) in [4.78, 5) is -0.922. The fourth-order valence-corrected chi connectivity index (χ4v) is 4.10. The van der Waals surface area contributed by atoms with Crippen LogP contribution in [-0.2, 0) is 9.84 Å². The average Bonchev–Trinajstić information content (AvgIpc) is 2.65. The Balaban J connectivity index is 2.53. The Morgan fingerprint density at radius 2 is 1.55 bits per heavy atom. The van der Waals surface area contributed by atoms with Crippen molar-refractivity contribution in [1.82, 2.24) is 0 Å². The van der Waals surface area contributed by atoms with Crippen LogP contribution in [-0.4, -0.2) is 19.9 Å². The van der Waals surface area contributed by atoms with Crippen LogP contribution in [0.1, 0.15) is 56.2 Å². The Morgan fingerprint density at radius 3 is 1.94 bits per heavy atom. The fraction of sp³-hybridized carbons (Fsp3) is 0.318. The van der Waals surface area contributed by atoms with E-state index in [9.17, 15) is 32.0 Å². The van der Waals surface area contributed by atoms with Gasteiger partial charge in [-0.1, -0.05) is 27.7 Å². The zero-order valence-electron chi connectivity index (χ0n) is 17.4. The van der Waals surface area contributed by atoms with Gasteiger partial charge in [0.15, 0.2) is 0 Å². The van der Waals surface area contributed by atoms with E-state index in [2.05, 4.69) is 4.74 Å². The highest BCUT2D eigenvalue weighted by Gasteiger charge is 2.31. The minimum atomic E-state index is -4.90. The molecule has 0 spiro atoms. The van der Waals surface area contributed by atoms with Crippen molar-refractivity contribution < 1.29 is 31.4 Å². The van der Waals surface area contributed by atoms with Crippen LogP contribution in [0.25, 0.3) is 6.08 Å². The lowest BCUT2D eigenvalue weighted by atomic mass is 9.91. The number of allylic oxidation sites excluding steroid dienone is 1. The molecule has 0 unspecified atom stereocenters. The second-order valence-electron chi connectivity index (χ2n) is 7.50. The monoisotopic (exact) mass is 453 g/mol. The molecule has 2 aromatic carbocycles. The molecule has 2 aromatic rings. The van der Waals surface area contributed by atoms with E-state index in [1.54, 1.807) is 18.2 Å².